The highest BCUT2D eigenvalue weighted by Gasteiger charge is 2.15. The van der Waals surface area contributed by atoms with Gasteiger partial charge in [0.1, 0.15) is 0 Å². The van der Waals surface area contributed by atoms with Gasteiger partial charge in [-0.2, -0.15) is 0 Å². The third-order valence-corrected chi connectivity index (χ3v) is 4.88. The number of amides is 2. The number of halogens is 2. The lowest BCUT2D eigenvalue weighted by molar-refractivity contribution is -0.148. The van der Waals surface area contributed by atoms with Gasteiger partial charge in [0.15, 0.2) is 24.0 Å². The molecule has 2 amide bonds. The maximum Gasteiger partial charge on any atom is 0.306 e. The van der Waals surface area contributed by atoms with Crippen molar-refractivity contribution in [2.45, 2.75) is 26.7 Å². The molecule has 10 heteroatoms. The number of benzene rings is 1. The van der Waals surface area contributed by atoms with Crippen LogP contribution in [0.4, 0.5) is 14.5 Å². The van der Waals surface area contributed by atoms with Gasteiger partial charge in [0.05, 0.1) is 13.0 Å². The molecule has 7 nitrogen and oxygen atoms in total. The predicted molar refractivity (Wildman–Crippen MR) is 106 cm³/mol. The van der Waals surface area contributed by atoms with E-state index in [1.165, 1.54) is 17.4 Å². The summed E-state index contributed by atoms with van der Waals surface area (Å²) < 4.78 is 30.7. The Hall–Kier alpha value is -3.14. The second-order valence-electron chi connectivity index (χ2n) is 6.36. The average Bonchev–Trinajstić information content (AvgIpc) is 3.03. The Morgan fingerprint density at radius 2 is 1.73 bits per heavy atom. The fourth-order valence-corrected chi connectivity index (χ4v) is 3.43. The van der Waals surface area contributed by atoms with Crippen molar-refractivity contribution >= 4 is 40.6 Å². The van der Waals surface area contributed by atoms with E-state index in [1.54, 1.807) is 6.07 Å². The van der Waals surface area contributed by atoms with Crippen molar-refractivity contribution in [3.05, 3.63) is 51.2 Å². The molecule has 2 N–H and O–H groups in total. The Bertz CT molecular complexity index is 974. The van der Waals surface area contributed by atoms with E-state index in [9.17, 15) is 28.0 Å². The van der Waals surface area contributed by atoms with Crippen LogP contribution in [0.25, 0.3) is 0 Å². The van der Waals surface area contributed by atoms with E-state index >= 15 is 0 Å². The third-order valence-electron chi connectivity index (χ3n) is 3.91. The molecule has 1 aromatic heterocycles. The maximum atomic E-state index is 13.1. The minimum Gasteiger partial charge on any atom is -0.456 e. The zero-order valence-electron chi connectivity index (χ0n) is 16.3. The van der Waals surface area contributed by atoms with Crippen LogP contribution < -0.4 is 10.6 Å². The number of esters is 1. The summed E-state index contributed by atoms with van der Waals surface area (Å²) in [4.78, 5) is 49.1. The minimum absolute atomic E-state index is 0.0281. The lowest BCUT2D eigenvalue weighted by Gasteiger charge is -2.08. The number of thiophene rings is 1. The number of nitrogens with one attached hydrogen (secondary N) is 2. The first-order valence-electron chi connectivity index (χ1n) is 8.93. The molecule has 0 bridgehead atoms. The number of hydrogen-bond donors (Lipinski definition) is 2. The molecule has 0 radical (unpaired) electrons. The summed E-state index contributed by atoms with van der Waals surface area (Å²) in [5, 5.41) is 4.50. The fraction of sp³-hybridized carbons (Fsp3) is 0.300. The topological polar surface area (TPSA) is 102 Å². The molecule has 0 aliphatic carbocycles. The monoisotopic (exact) mass is 438 g/mol. The molecule has 0 saturated carbocycles. The van der Waals surface area contributed by atoms with Crippen LogP contribution in [-0.4, -0.2) is 36.7 Å². The molecule has 2 aromatic rings. The van der Waals surface area contributed by atoms with E-state index < -0.39 is 42.6 Å². The average molecular weight is 438 g/mol. The Labute approximate surface area is 175 Å². The Morgan fingerprint density at radius 1 is 1.00 bits per heavy atom. The van der Waals surface area contributed by atoms with Crippen molar-refractivity contribution in [1.82, 2.24) is 5.32 Å². The van der Waals surface area contributed by atoms with Crippen LogP contribution in [0, 0.1) is 25.5 Å². The SMILES string of the molecule is Cc1cc(C(=O)CCC(=O)OCC(=O)NCC(=O)Nc2ccc(F)c(F)c2)c(C)s1. The van der Waals surface area contributed by atoms with Crippen LogP contribution in [0.15, 0.2) is 24.3 Å². The number of anilines is 1. The van der Waals surface area contributed by atoms with Crippen LogP contribution in [-0.2, 0) is 19.1 Å². The second-order valence-corrected chi connectivity index (χ2v) is 7.83. The lowest BCUT2D eigenvalue weighted by atomic mass is 10.1. The van der Waals surface area contributed by atoms with Gasteiger partial charge in [-0.25, -0.2) is 8.78 Å². The van der Waals surface area contributed by atoms with Gasteiger partial charge in [-0.3, -0.25) is 19.2 Å². The molecule has 0 fully saturated rings. The second kappa shape index (κ2) is 10.6. The standard InChI is InChI=1S/C20H20F2N2O5S/c1-11-7-14(12(2)30-11)17(25)5-6-20(28)29-10-19(27)23-9-18(26)24-13-3-4-15(21)16(22)8-13/h3-4,7-8H,5-6,9-10H2,1-2H3,(H,23,27)(H,24,26). The maximum absolute atomic E-state index is 13.1. The Morgan fingerprint density at radius 3 is 2.37 bits per heavy atom. The van der Waals surface area contributed by atoms with Gasteiger partial charge in [0, 0.05) is 33.5 Å². The summed E-state index contributed by atoms with van der Waals surface area (Å²) in [5.74, 6) is -4.45. The fourth-order valence-electron chi connectivity index (χ4n) is 2.49. The summed E-state index contributed by atoms with van der Waals surface area (Å²) in [6, 6.07) is 4.60. The molecule has 160 valence electrons. The van der Waals surface area contributed by atoms with Crippen LogP contribution in [0.3, 0.4) is 0 Å². The van der Waals surface area contributed by atoms with E-state index in [2.05, 4.69) is 10.6 Å². The quantitative estimate of drug-likeness (QED) is 0.463. The Kier molecular flexibility index (Phi) is 8.16. The molecule has 30 heavy (non-hydrogen) atoms. The smallest absolute Gasteiger partial charge is 0.306 e. The minimum atomic E-state index is -1.12. The summed E-state index contributed by atoms with van der Waals surface area (Å²) in [6.45, 7) is 2.66. The normalized spacial score (nSPS) is 10.4. The number of rotatable bonds is 9. The molecule has 0 saturated heterocycles. The number of hydrogen-bond acceptors (Lipinski definition) is 6. The molecular weight excluding hydrogens is 418 g/mol. The van der Waals surface area contributed by atoms with Gasteiger partial charge in [-0.05, 0) is 32.0 Å². The van der Waals surface area contributed by atoms with E-state index in [4.69, 9.17) is 4.74 Å². The number of ether oxygens (including phenoxy) is 1. The highest BCUT2D eigenvalue weighted by atomic mass is 32.1. The molecular formula is C20H20F2N2O5S. The van der Waals surface area contributed by atoms with Crippen LogP contribution in [0.5, 0.6) is 0 Å². The van der Waals surface area contributed by atoms with E-state index in [0.717, 1.165) is 21.9 Å². The van der Waals surface area contributed by atoms with E-state index in [-0.39, 0.29) is 24.3 Å². The first-order valence-corrected chi connectivity index (χ1v) is 9.75. The van der Waals surface area contributed by atoms with Gasteiger partial charge in [-0.15, -0.1) is 11.3 Å². The largest absolute Gasteiger partial charge is 0.456 e. The summed E-state index contributed by atoms with van der Waals surface area (Å²) >= 11 is 1.50. The molecule has 1 aromatic carbocycles. The zero-order chi connectivity index (χ0) is 22.3. The van der Waals surface area contributed by atoms with Gasteiger partial charge >= 0.3 is 5.97 Å². The summed E-state index contributed by atoms with van der Waals surface area (Å²) in [6.07, 6.45) is -0.203. The Balaban J connectivity index is 1.66. The molecule has 1 heterocycles. The number of ketones is 1. The molecule has 0 unspecified atom stereocenters. The van der Waals surface area contributed by atoms with Gasteiger partial charge in [0.2, 0.25) is 5.91 Å². The van der Waals surface area contributed by atoms with Crippen molar-refractivity contribution in [2.24, 2.45) is 0 Å². The van der Waals surface area contributed by atoms with E-state index in [0.29, 0.717) is 5.56 Å². The number of aryl methyl sites for hydroxylation is 2. The van der Waals surface area contributed by atoms with Gasteiger partial charge in [0.25, 0.3) is 5.91 Å². The number of Topliss-reactive ketones (excluding diaryl/α,β-unsaturated/α-hetero) is 1. The molecule has 0 aliphatic rings. The molecule has 2 rings (SSSR count). The van der Waals surface area contributed by atoms with Crippen molar-refractivity contribution in [3.8, 4) is 0 Å². The van der Waals surface area contributed by atoms with Gasteiger partial charge in [-0.1, -0.05) is 0 Å². The predicted octanol–water partition coefficient (Wildman–Crippen LogP) is 2.90. The van der Waals surface area contributed by atoms with Crippen LogP contribution >= 0.6 is 11.3 Å². The molecule has 0 aliphatic heterocycles. The number of carbonyl (C=O) groups is 4. The van der Waals surface area contributed by atoms with Crippen LogP contribution in [0.2, 0.25) is 0 Å². The van der Waals surface area contributed by atoms with Gasteiger partial charge < -0.3 is 15.4 Å². The van der Waals surface area contributed by atoms with Crippen molar-refractivity contribution in [3.63, 3.8) is 0 Å². The highest BCUT2D eigenvalue weighted by molar-refractivity contribution is 7.12. The highest BCUT2D eigenvalue weighted by Crippen LogP contribution is 2.22. The first-order chi connectivity index (χ1) is 14.2. The molecule has 0 spiro atoms. The third kappa shape index (κ3) is 7.03. The van der Waals surface area contributed by atoms with Crippen molar-refractivity contribution < 1.29 is 32.7 Å². The van der Waals surface area contributed by atoms with E-state index in [1.807, 2.05) is 13.8 Å². The first kappa shape index (κ1) is 23.1. The summed E-state index contributed by atoms with van der Waals surface area (Å²) in [5.41, 5.74) is 0.607. The molecule has 0 atom stereocenters. The zero-order valence-corrected chi connectivity index (χ0v) is 17.2. The van der Waals surface area contributed by atoms with Crippen LogP contribution in [0.1, 0.15) is 33.0 Å². The van der Waals surface area contributed by atoms with Crippen molar-refractivity contribution in [2.75, 3.05) is 18.5 Å². The lowest BCUT2D eigenvalue weighted by Crippen LogP contribution is -2.35. The number of carbonyl (C=O) groups excluding carboxylic acids is 4. The summed E-state index contributed by atoms with van der Waals surface area (Å²) in [7, 11) is 0. The van der Waals surface area contributed by atoms with Crippen molar-refractivity contribution in [1.29, 1.82) is 0 Å².